The molecule has 1 aliphatic carbocycles. The zero-order valence-corrected chi connectivity index (χ0v) is 15.2. The molecule has 6 heteroatoms. The third kappa shape index (κ3) is 5.61. The summed E-state index contributed by atoms with van der Waals surface area (Å²) in [4.78, 5) is 8.99. The monoisotopic (exact) mass is 336 g/mol. The van der Waals surface area contributed by atoms with E-state index in [-0.39, 0.29) is 0 Å². The zero-order valence-electron chi connectivity index (χ0n) is 14.3. The lowest BCUT2D eigenvalue weighted by Crippen LogP contribution is -2.42. The van der Waals surface area contributed by atoms with Crippen molar-refractivity contribution in [2.75, 3.05) is 19.4 Å². The first-order valence-electron chi connectivity index (χ1n) is 8.41. The van der Waals surface area contributed by atoms with E-state index in [1.807, 2.05) is 30.8 Å². The van der Waals surface area contributed by atoms with Crippen LogP contribution in [0.2, 0.25) is 0 Å². The molecule has 1 heterocycles. The van der Waals surface area contributed by atoms with Crippen molar-refractivity contribution < 1.29 is 4.74 Å². The van der Waals surface area contributed by atoms with E-state index in [9.17, 15) is 0 Å². The van der Waals surface area contributed by atoms with Gasteiger partial charge in [-0.15, -0.1) is 0 Å². The summed E-state index contributed by atoms with van der Waals surface area (Å²) in [7, 11) is 0. The lowest BCUT2D eigenvalue weighted by atomic mass is 10.2. The second kappa shape index (κ2) is 9.65. The average molecular weight is 337 g/mol. The molecule has 2 atom stereocenters. The summed E-state index contributed by atoms with van der Waals surface area (Å²) in [6.45, 7) is 6.10. The number of nitrogens with one attached hydrogen (secondary N) is 2. The van der Waals surface area contributed by atoms with Gasteiger partial charge in [0.25, 0.3) is 0 Å². The third-order valence-electron chi connectivity index (χ3n) is 3.94. The van der Waals surface area contributed by atoms with Crippen molar-refractivity contribution in [3.05, 3.63) is 23.9 Å². The van der Waals surface area contributed by atoms with Crippen LogP contribution in [-0.4, -0.2) is 41.6 Å². The number of ether oxygens (including phenoxy) is 1. The Morgan fingerprint density at radius 1 is 1.43 bits per heavy atom. The van der Waals surface area contributed by atoms with E-state index in [1.165, 1.54) is 19.3 Å². The minimum absolute atomic E-state index is 0.519. The largest absolute Gasteiger partial charge is 0.478 e. The van der Waals surface area contributed by atoms with Gasteiger partial charge in [0, 0.05) is 29.6 Å². The highest BCUT2D eigenvalue weighted by molar-refractivity contribution is 7.99. The second-order valence-corrected chi connectivity index (χ2v) is 6.75. The summed E-state index contributed by atoms with van der Waals surface area (Å²) < 4.78 is 5.57. The standard InChI is InChI=1S/C17H28N4OS/c1-4-18-17(21-14-8-9-15(11-14)23-3)20-12-13-7-6-10-19-16(13)22-5-2/h6-7,10,14-15H,4-5,8-9,11-12H2,1-3H3,(H2,18,20,21). The lowest BCUT2D eigenvalue weighted by molar-refractivity contribution is 0.323. The molecule has 1 saturated carbocycles. The summed E-state index contributed by atoms with van der Waals surface area (Å²) in [6.07, 6.45) is 7.66. The first kappa shape index (κ1) is 17.9. The Bertz CT molecular complexity index is 509. The van der Waals surface area contributed by atoms with Crippen molar-refractivity contribution in [3.8, 4) is 5.88 Å². The predicted octanol–water partition coefficient (Wildman–Crippen LogP) is 2.82. The van der Waals surface area contributed by atoms with Gasteiger partial charge in [-0.3, -0.25) is 0 Å². The van der Waals surface area contributed by atoms with E-state index >= 15 is 0 Å². The number of hydrogen-bond acceptors (Lipinski definition) is 4. The number of hydrogen-bond donors (Lipinski definition) is 2. The topological polar surface area (TPSA) is 58.5 Å². The minimum atomic E-state index is 0.519. The fraction of sp³-hybridized carbons (Fsp3) is 0.647. The van der Waals surface area contributed by atoms with Crippen LogP contribution in [0, 0.1) is 0 Å². The molecular weight excluding hydrogens is 308 g/mol. The Morgan fingerprint density at radius 3 is 3.00 bits per heavy atom. The summed E-state index contributed by atoms with van der Waals surface area (Å²) >= 11 is 1.97. The molecule has 0 bridgehead atoms. The van der Waals surface area contributed by atoms with E-state index in [4.69, 9.17) is 9.73 Å². The van der Waals surface area contributed by atoms with Crippen LogP contribution >= 0.6 is 11.8 Å². The maximum absolute atomic E-state index is 5.57. The molecule has 1 aromatic heterocycles. The maximum atomic E-state index is 5.57. The number of aromatic nitrogens is 1. The van der Waals surface area contributed by atoms with Gasteiger partial charge in [0.05, 0.1) is 13.2 Å². The van der Waals surface area contributed by atoms with Crippen LogP contribution in [0.15, 0.2) is 23.3 Å². The normalized spacial score (nSPS) is 21.3. The van der Waals surface area contributed by atoms with Gasteiger partial charge in [0.1, 0.15) is 0 Å². The fourth-order valence-corrected chi connectivity index (χ4v) is 3.57. The molecule has 2 N–H and O–H groups in total. The molecule has 128 valence electrons. The van der Waals surface area contributed by atoms with E-state index in [1.54, 1.807) is 6.20 Å². The van der Waals surface area contributed by atoms with Gasteiger partial charge in [-0.1, -0.05) is 6.07 Å². The molecule has 0 aliphatic heterocycles. The van der Waals surface area contributed by atoms with Crippen LogP contribution in [0.25, 0.3) is 0 Å². The number of thioether (sulfide) groups is 1. The summed E-state index contributed by atoms with van der Waals surface area (Å²) in [5.74, 6) is 1.56. The minimum Gasteiger partial charge on any atom is -0.478 e. The molecule has 5 nitrogen and oxygen atoms in total. The maximum Gasteiger partial charge on any atom is 0.218 e. The van der Waals surface area contributed by atoms with Crippen molar-refractivity contribution in [3.63, 3.8) is 0 Å². The van der Waals surface area contributed by atoms with Gasteiger partial charge in [0.2, 0.25) is 5.88 Å². The highest BCUT2D eigenvalue weighted by atomic mass is 32.2. The molecule has 1 fully saturated rings. The van der Waals surface area contributed by atoms with Crippen molar-refractivity contribution in [2.24, 2.45) is 4.99 Å². The summed E-state index contributed by atoms with van der Waals surface area (Å²) in [5.41, 5.74) is 1.01. The Kier molecular flexibility index (Phi) is 7.52. The van der Waals surface area contributed by atoms with Gasteiger partial charge in [-0.05, 0) is 45.4 Å². The van der Waals surface area contributed by atoms with Crippen LogP contribution in [0.3, 0.4) is 0 Å². The number of pyridine rings is 1. The fourth-order valence-electron chi connectivity index (χ4n) is 2.77. The molecule has 0 spiro atoms. The third-order valence-corrected chi connectivity index (χ3v) is 5.04. The molecular formula is C17H28N4OS. The van der Waals surface area contributed by atoms with Crippen molar-refractivity contribution in [1.29, 1.82) is 0 Å². The molecule has 23 heavy (non-hydrogen) atoms. The summed E-state index contributed by atoms with van der Waals surface area (Å²) in [5, 5.41) is 7.68. The van der Waals surface area contributed by atoms with Crippen molar-refractivity contribution in [1.82, 2.24) is 15.6 Å². The van der Waals surface area contributed by atoms with Gasteiger partial charge < -0.3 is 15.4 Å². The quantitative estimate of drug-likeness (QED) is 0.592. The SMILES string of the molecule is CCNC(=NCc1cccnc1OCC)NC1CCC(SC)C1. The molecule has 0 aromatic carbocycles. The van der Waals surface area contributed by atoms with Gasteiger partial charge in [0.15, 0.2) is 5.96 Å². The van der Waals surface area contributed by atoms with Crippen LogP contribution < -0.4 is 15.4 Å². The Labute approximate surface area is 143 Å². The number of nitrogens with zero attached hydrogens (tertiary/aromatic N) is 2. The highest BCUT2D eigenvalue weighted by Gasteiger charge is 2.24. The lowest BCUT2D eigenvalue weighted by Gasteiger charge is -2.17. The van der Waals surface area contributed by atoms with E-state index in [0.717, 1.165) is 23.3 Å². The van der Waals surface area contributed by atoms with Crippen molar-refractivity contribution >= 4 is 17.7 Å². The Balaban J connectivity index is 1.98. The smallest absolute Gasteiger partial charge is 0.218 e. The molecule has 1 aliphatic rings. The van der Waals surface area contributed by atoms with Crippen LogP contribution in [0.5, 0.6) is 5.88 Å². The van der Waals surface area contributed by atoms with Crippen LogP contribution in [-0.2, 0) is 6.54 Å². The van der Waals surface area contributed by atoms with E-state index < -0.39 is 0 Å². The van der Waals surface area contributed by atoms with E-state index in [0.29, 0.717) is 25.1 Å². The summed E-state index contributed by atoms with van der Waals surface area (Å²) in [6, 6.07) is 4.46. The van der Waals surface area contributed by atoms with Gasteiger partial charge in [-0.25, -0.2) is 9.98 Å². The van der Waals surface area contributed by atoms with Crippen LogP contribution in [0.1, 0.15) is 38.7 Å². The Morgan fingerprint density at radius 2 is 2.30 bits per heavy atom. The molecule has 0 radical (unpaired) electrons. The molecule has 0 saturated heterocycles. The molecule has 0 amide bonds. The average Bonchev–Trinajstić information content (AvgIpc) is 3.02. The highest BCUT2D eigenvalue weighted by Crippen LogP contribution is 2.28. The molecule has 1 aromatic rings. The van der Waals surface area contributed by atoms with Gasteiger partial charge >= 0.3 is 0 Å². The number of guanidine groups is 1. The predicted molar refractivity (Wildman–Crippen MR) is 98.3 cm³/mol. The van der Waals surface area contributed by atoms with E-state index in [2.05, 4.69) is 28.8 Å². The molecule has 2 rings (SSSR count). The zero-order chi connectivity index (χ0) is 16.5. The van der Waals surface area contributed by atoms with Gasteiger partial charge in [-0.2, -0.15) is 11.8 Å². The van der Waals surface area contributed by atoms with Crippen molar-refractivity contribution in [2.45, 2.75) is 50.9 Å². The number of aliphatic imine (C=N–C) groups is 1. The number of rotatable bonds is 7. The Hall–Kier alpha value is -1.43. The van der Waals surface area contributed by atoms with Crippen LogP contribution in [0.4, 0.5) is 0 Å². The molecule has 2 unspecified atom stereocenters. The first-order chi connectivity index (χ1) is 11.3. The first-order valence-corrected chi connectivity index (χ1v) is 9.69. The second-order valence-electron chi connectivity index (χ2n) is 5.61.